The lowest BCUT2D eigenvalue weighted by Crippen LogP contribution is -2.23. The fourth-order valence-electron chi connectivity index (χ4n) is 0.831. The Morgan fingerprint density at radius 3 is 3.09 bits per heavy atom. The van der Waals surface area contributed by atoms with Crippen LogP contribution in [0.5, 0.6) is 0 Å². The number of nitrogens with zero attached hydrogens (tertiary/aromatic N) is 3. The molecule has 56 valence electrons. The van der Waals surface area contributed by atoms with E-state index in [1.165, 1.54) is 12.7 Å². The van der Waals surface area contributed by atoms with Crippen molar-refractivity contribution < 1.29 is 4.73 Å². The maximum Gasteiger partial charge on any atom is 0.306 e. The average Bonchev–Trinajstić information content (AvgIpc) is 2.35. The van der Waals surface area contributed by atoms with Crippen LogP contribution in [-0.2, 0) is 0 Å². The molecule has 0 radical (unpaired) electrons. The van der Waals surface area contributed by atoms with Gasteiger partial charge in [-0.15, -0.1) is 0 Å². The summed E-state index contributed by atoms with van der Waals surface area (Å²) >= 11 is 5.64. The van der Waals surface area contributed by atoms with E-state index in [2.05, 4.69) is 15.0 Å². The summed E-state index contributed by atoms with van der Waals surface area (Å²) in [4.78, 5) is 10.1. The minimum absolute atomic E-state index is 0.254. The highest BCUT2D eigenvalue weighted by molar-refractivity contribution is 6.33. The molecule has 0 saturated carbocycles. The second-order valence-corrected chi connectivity index (χ2v) is 2.32. The van der Waals surface area contributed by atoms with E-state index < -0.39 is 0 Å². The first-order chi connectivity index (χ1) is 5.29. The van der Waals surface area contributed by atoms with E-state index in [-0.39, 0.29) is 10.8 Å². The van der Waals surface area contributed by atoms with Gasteiger partial charge in [-0.2, -0.15) is 0 Å². The first-order valence-electron chi connectivity index (χ1n) is 2.86. The van der Waals surface area contributed by atoms with Crippen LogP contribution in [0.4, 0.5) is 0 Å². The molecule has 0 aromatic carbocycles. The van der Waals surface area contributed by atoms with Crippen LogP contribution < -0.4 is 4.73 Å². The van der Waals surface area contributed by atoms with Crippen LogP contribution in [0.3, 0.4) is 0 Å². The number of aromatic nitrogens is 4. The van der Waals surface area contributed by atoms with Crippen LogP contribution in [0.25, 0.3) is 11.2 Å². The fraction of sp³-hybridized carbons (Fsp3) is 0. The van der Waals surface area contributed by atoms with Crippen molar-refractivity contribution in [1.29, 1.82) is 0 Å². The third kappa shape index (κ3) is 0.813. The van der Waals surface area contributed by atoms with E-state index in [1.807, 2.05) is 0 Å². The van der Waals surface area contributed by atoms with Gasteiger partial charge in [0, 0.05) is 0 Å². The summed E-state index contributed by atoms with van der Waals surface area (Å²) in [6, 6.07) is 0. The lowest BCUT2D eigenvalue weighted by molar-refractivity contribution is -0.578. The summed E-state index contributed by atoms with van der Waals surface area (Å²) < 4.78 is 0.600. The van der Waals surface area contributed by atoms with E-state index in [4.69, 9.17) is 11.6 Å². The molecule has 11 heavy (non-hydrogen) atoms. The van der Waals surface area contributed by atoms with Crippen molar-refractivity contribution in [3.8, 4) is 0 Å². The third-order valence-electron chi connectivity index (χ3n) is 1.32. The Morgan fingerprint density at radius 2 is 2.36 bits per heavy atom. The number of hydrogen-bond donors (Lipinski definition) is 1. The molecule has 2 aromatic rings. The van der Waals surface area contributed by atoms with Gasteiger partial charge in [0.15, 0.2) is 17.8 Å². The van der Waals surface area contributed by atoms with Crippen molar-refractivity contribution in [3.05, 3.63) is 23.0 Å². The predicted octanol–water partition coefficient (Wildman–Crippen LogP) is 0.245. The summed E-state index contributed by atoms with van der Waals surface area (Å²) in [5, 5.41) is 11.1. The Kier molecular flexibility index (Phi) is 1.19. The molecule has 6 heteroatoms. The van der Waals surface area contributed by atoms with E-state index in [0.717, 1.165) is 0 Å². The molecule has 2 rings (SSSR count). The maximum atomic E-state index is 10.9. The van der Waals surface area contributed by atoms with Crippen LogP contribution >= 0.6 is 11.6 Å². The number of hydrogen-bond acceptors (Lipinski definition) is 3. The highest BCUT2D eigenvalue weighted by atomic mass is 35.5. The molecule has 0 aliphatic heterocycles. The Labute approximate surface area is 66.2 Å². The summed E-state index contributed by atoms with van der Waals surface area (Å²) in [5.41, 5.74) is 0.717. The highest BCUT2D eigenvalue weighted by Crippen LogP contribution is 2.12. The van der Waals surface area contributed by atoms with Crippen molar-refractivity contribution in [2.24, 2.45) is 0 Å². The van der Waals surface area contributed by atoms with Crippen LogP contribution in [-0.4, -0.2) is 15.0 Å². The monoisotopic (exact) mass is 170 g/mol. The van der Waals surface area contributed by atoms with Gasteiger partial charge in [0.1, 0.15) is 0 Å². The molecule has 2 aromatic heterocycles. The predicted molar refractivity (Wildman–Crippen MR) is 37.9 cm³/mol. The molecule has 0 saturated heterocycles. The fourth-order valence-corrected chi connectivity index (χ4v) is 1.01. The topological polar surface area (TPSA) is 68.5 Å². The SMILES string of the molecule is [O-][n+]1c[nH]c2c(Cl)ncnc21. The lowest BCUT2D eigenvalue weighted by atomic mass is 10.6. The summed E-state index contributed by atoms with van der Waals surface area (Å²) in [6.45, 7) is 0. The van der Waals surface area contributed by atoms with Crippen molar-refractivity contribution in [2.75, 3.05) is 0 Å². The van der Waals surface area contributed by atoms with Crippen molar-refractivity contribution in [2.45, 2.75) is 0 Å². The third-order valence-corrected chi connectivity index (χ3v) is 1.60. The van der Waals surface area contributed by atoms with Crippen molar-refractivity contribution in [3.63, 3.8) is 0 Å². The number of fused-ring (bicyclic) bond motifs is 1. The zero-order valence-corrected chi connectivity index (χ0v) is 6.04. The zero-order chi connectivity index (χ0) is 7.84. The van der Waals surface area contributed by atoms with E-state index in [9.17, 15) is 5.21 Å². The number of halogens is 1. The molecular formula is C5H3ClN4O. The van der Waals surface area contributed by atoms with Crippen LogP contribution in [0, 0.1) is 5.21 Å². The smallest absolute Gasteiger partial charge is 0.306 e. The summed E-state index contributed by atoms with van der Waals surface area (Å²) in [6.07, 6.45) is 2.47. The van der Waals surface area contributed by atoms with Gasteiger partial charge >= 0.3 is 5.65 Å². The van der Waals surface area contributed by atoms with E-state index in [0.29, 0.717) is 10.2 Å². The largest absolute Gasteiger partial charge is 0.740 e. The second-order valence-electron chi connectivity index (χ2n) is 1.96. The van der Waals surface area contributed by atoms with Gasteiger partial charge in [-0.3, -0.25) is 4.98 Å². The molecule has 2 heterocycles. The Bertz CT molecular complexity index is 398. The molecule has 0 unspecified atom stereocenters. The van der Waals surface area contributed by atoms with Gasteiger partial charge in [0.2, 0.25) is 5.52 Å². The van der Waals surface area contributed by atoms with Crippen LogP contribution in [0.1, 0.15) is 0 Å². The molecule has 0 aliphatic carbocycles. The van der Waals surface area contributed by atoms with Crippen molar-refractivity contribution >= 4 is 22.8 Å². The molecule has 0 fully saturated rings. The summed E-state index contributed by atoms with van der Waals surface area (Å²) in [7, 11) is 0. The van der Waals surface area contributed by atoms with Crippen LogP contribution in [0.2, 0.25) is 5.15 Å². The van der Waals surface area contributed by atoms with E-state index >= 15 is 0 Å². The standard InChI is InChI=1S/C5H3ClN4O/c6-4-3-5(8-1-7-4)10(11)2-9-3/h1-2,9H. The molecule has 0 bridgehead atoms. The van der Waals surface area contributed by atoms with Crippen molar-refractivity contribution in [1.82, 2.24) is 15.0 Å². The molecule has 0 aliphatic rings. The number of H-pyrrole nitrogens is 1. The minimum atomic E-state index is 0.254. The normalized spacial score (nSPS) is 10.6. The quantitative estimate of drug-likeness (QED) is 0.350. The van der Waals surface area contributed by atoms with E-state index in [1.54, 1.807) is 0 Å². The maximum absolute atomic E-state index is 10.9. The molecule has 0 spiro atoms. The van der Waals surface area contributed by atoms with Crippen LogP contribution in [0.15, 0.2) is 12.7 Å². The number of nitrogens with one attached hydrogen (secondary N) is 1. The van der Waals surface area contributed by atoms with Gasteiger partial charge in [0.25, 0.3) is 0 Å². The first kappa shape index (κ1) is 6.36. The van der Waals surface area contributed by atoms with Gasteiger partial charge < -0.3 is 5.21 Å². The summed E-state index contributed by atoms with van der Waals surface area (Å²) in [5.74, 6) is 0. The highest BCUT2D eigenvalue weighted by Gasteiger charge is 2.09. The Morgan fingerprint density at radius 1 is 1.55 bits per heavy atom. The minimum Gasteiger partial charge on any atom is -0.740 e. The molecule has 0 amide bonds. The number of imidazole rings is 1. The Balaban J connectivity index is 2.94. The number of rotatable bonds is 0. The second kappa shape index (κ2) is 2.06. The molecular weight excluding hydrogens is 168 g/mol. The lowest BCUT2D eigenvalue weighted by Gasteiger charge is -1.93. The van der Waals surface area contributed by atoms with Gasteiger partial charge in [-0.05, 0) is 0 Å². The Hall–Kier alpha value is -1.36. The number of aromatic amines is 1. The first-order valence-corrected chi connectivity index (χ1v) is 3.23. The van der Waals surface area contributed by atoms with Gasteiger partial charge in [-0.1, -0.05) is 16.6 Å². The average molecular weight is 171 g/mol. The molecule has 0 atom stereocenters. The van der Waals surface area contributed by atoms with Gasteiger partial charge in [0.05, 0.1) is 0 Å². The zero-order valence-electron chi connectivity index (χ0n) is 5.28. The molecule has 1 N–H and O–H groups in total. The molecule has 5 nitrogen and oxygen atoms in total. The van der Waals surface area contributed by atoms with Gasteiger partial charge in [-0.25, -0.2) is 9.71 Å².